The molecule has 0 unspecified atom stereocenters. The first kappa shape index (κ1) is 7.51. The number of hydrogen-bond donors (Lipinski definition) is 0. The molecule has 0 aromatic carbocycles. The Hall–Kier alpha value is 3.51. The van der Waals surface area contributed by atoms with Gasteiger partial charge in [-0.3, -0.25) is 0 Å². The second kappa shape index (κ2) is 4.67. The van der Waals surface area contributed by atoms with Gasteiger partial charge in [0.2, 0.25) is 0 Å². The molecule has 0 aromatic rings. The Morgan fingerprint density at radius 3 is 1.00 bits per heavy atom. The molecule has 4 heteroatoms. The summed E-state index contributed by atoms with van der Waals surface area (Å²) in [6.45, 7) is 0. The summed E-state index contributed by atoms with van der Waals surface area (Å²) in [6, 6.07) is 0. The van der Waals surface area contributed by atoms with Crippen LogP contribution in [0.5, 0.6) is 0 Å². The minimum absolute atomic E-state index is 0.488. The van der Waals surface area contributed by atoms with Crippen LogP contribution in [0.15, 0.2) is 0 Å². The normalized spacial score (nSPS) is 11.2. The van der Waals surface area contributed by atoms with Gasteiger partial charge in [0.1, 0.15) is 0 Å². The maximum absolute atomic E-state index is 2.49. The first-order valence-corrected chi connectivity index (χ1v) is 19.9. The fourth-order valence-corrected chi connectivity index (χ4v) is 0. The van der Waals surface area contributed by atoms with Crippen LogP contribution in [0.3, 0.4) is 0 Å². The molecule has 0 heterocycles. The van der Waals surface area contributed by atoms with E-state index in [9.17, 15) is 0 Å². The van der Waals surface area contributed by atoms with E-state index in [1.165, 1.54) is 0 Å². The third-order valence-corrected chi connectivity index (χ3v) is 0. The van der Waals surface area contributed by atoms with Crippen LogP contribution in [-0.4, -0.2) is 0 Å². The Labute approximate surface area is 58.0 Å². The van der Waals surface area contributed by atoms with Crippen molar-refractivity contribution in [2.24, 2.45) is 0 Å². The van der Waals surface area contributed by atoms with Crippen molar-refractivity contribution in [3.63, 3.8) is 0 Å². The molecule has 4 heavy (non-hydrogen) atoms. The molecule has 0 saturated carbocycles. The quantitative estimate of drug-likeness (QED) is 0.417. The van der Waals surface area contributed by atoms with Crippen LogP contribution in [-0.2, 0) is 0 Å². The zero-order chi connectivity index (χ0) is 3.58. The molecule has 0 aliphatic heterocycles. The Balaban J connectivity index is 2.32. The van der Waals surface area contributed by atoms with Crippen molar-refractivity contribution < 1.29 is 17.7 Å². The fourth-order valence-electron chi connectivity index (χ4n) is 0. The molecule has 0 N–H and O–H groups in total. The molecule has 29 valence electrons. The van der Waals surface area contributed by atoms with Crippen molar-refractivity contribution >= 4 is 43.2 Å². The first-order chi connectivity index (χ1) is 1.73. The Morgan fingerprint density at radius 1 is 1.00 bits per heavy atom. The van der Waals surface area contributed by atoms with Crippen LogP contribution in [0.1, 0.15) is 0 Å². The van der Waals surface area contributed by atoms with E-state index < -0.39 is 17.7 Å². The Kier molecular flexibility index (Phi) is 8.77. The van der Waals surface area contributed by atoms with Gasteiger partial charge in [-0.05, 0) is 0 Å². The van der Waals surface area contributed by atoms with Crippen LogP contribution in [0.2, 0.25) is 0 Å². The predicted octanol–water partition coefficient (Wildman–Crippen LogP) is 2.66. The van der Waals surface area contributed by atoms with Crippen molar-refractivity contribution in [2.45, 2.75) is 0 Å². The monoisotopic (exact) mass is 539 g/mol. The van der Waals surface area contributed by atoms with Crippen molar-refractivity contribution in [1.29, 1.82) is 0 Å². The summed E-state index contributed by atoms with van der Waals surface area (Å²) >= 11 is 6.99. The minimum atomic E-state index is -0.488. The molecule has 0 amide bonds. The van der Waals surface area contributed by atoms with Crippen molar-refractivity contribution in [1.82, 2.24) is 0 Å². The summed E-state index contributed by atoms with van der Waals surface area (Å²) in [5.74, 6) is 0. The van der Waals surface area contributed by atoms with Crippen molar-refractivity contribution in [3.05, 3.63) is 0 Å². The summed E-state index contributed by atoms with van der Waals surface area (Å²) in [4.78, 5) is 0. The van der Waals surface area contributed by atoms with Crippen molar-refractivity contribution in [3.8, 4) is 0 Å². The standard InChI is InChI=1S/Gd.3HI/h;3*1H/q+3;;;/p-3. The summed E-state index contributed by atoms with van der Waals surface area (Å²) in [7, 11) is 0. The van der Waals surface area contributed by atoms with Gasteiger partial charge in [-0.2, -0.15) is 0 Å². The Morgan fingerprint density at radius 2 is 1.00 bits per heavy atom. The van der Waals surface area contributed by atoms with Crippen LogP contribution in [0, 0.1) is 17.7 Å². The molecule has 0 aromatic heterocycles. The molecule has 0 bridgehead atoms. The van der Waals surface area contributed by atoms with E-state index in [1.54, 1.807) is 0 Å². The van der Waals surface area contributed by atoms with Gasteiger partial charge in [0.15, 0.2) is 0 Å². The Bertz CT molecular complexity index is 8.00. The zero-order valence-electron chi connectivity index (χ0n) is 1.49. The van der Waals surface area contributed by atoms with E-state index in [2.05, 4.69) is 43.2 Å². The molecule has 0 rings (SSSR count). The van der Waals surface area contributed by atoms with Crippen LogP contribution >= 0.6 is 43.2 Å². The SMILES string of the molecule is [I][Gd]([I])[I]. The van der Waals surface area contributed by atoms with Gasteiger partial charge in [-0.1, -0.05) is 0 Å². The summed E-state index contributed by atoms with van der Waals surface area (Å²) in [5, 5.41) is 0. The van der Waals surface area contributed by atoms with E-state index >= 15 is 0 Å². The number of halogens is 3. The van der Waals surface area contributed by atoms with E-state index in [1.807, 2.05) is 0 Å². The van der Waals surface area contributed by atoms with Crippen LogP contribution < -0.4 is 0 Å². The van der Waals surface area contributed by atoms with Gasteiger partial charge in [-0.15, -0.1) is 0 Å². The molecule has 0 saturated heterocycles. The number of rotatable bonds is 0. The van der Waals surface area contributed by atoms with Gasteiger partial charge in [0.25, 0.3) is 0 Å². The van der Waals surface area contributed by atoms with E-state index in [0.717, 1.165) is 0 Å². The van der Waals surface area contributed by atoms with E-state index in [4.69, 9.17) is 0 Å². The molecule has 0 atom stereocenters. The molecule has 0 aliphatic rings. The topological polar surface area (TPSA) is 0 Å². The molecule has 0 fully saturated rings. The molecular formula is GdI3. The molecule has 0 radical (unpaired) electrons. The molecular weight excluding hydrogens is 538 g/mol. The summed E-state index contributed by atoms with van der Waals surface area (Å²) < 4.78 is 0. The predicted molar refractivity (Wildman–Crippen MR) is 42.1 cm³/mol. The third kappa shape index (κ3) is 9.10. The number of hydrogen-bond acceptors (Lipinski definition) is 0. The second-order valence-electron chi connectivity index (χ2n) is 0.152. The fraction of sp³-hybridized carbons (Fsp3) is 0. The average molecular weight is 538 g/mol. The van der Waals surface area contributed by atoms with Crippen LogP contribution in [0.25, 0.3) is 0 Å². The summed E-state index contributed by atoms with van der Waals surface area (Å²) in [5.41, 5.74) is 0. The molecule has 0 aliphatic carbocycles. The summed E-state index contributed by atoms with van der Waals surface area (Å²) in [6.07, 6.45) is 0. The first-order valence-electron chi connectivity index (χ1n) is 0.401. The van der Waals surface area contributed by atoms with E-state index in [-0.39, 0.29) is 0 Å². The molecule has 0 spiro atoms. The van der Waals surface area contributed by atoms with Gasteiger partial charge in [0.05, 0.1) is 0 Å². The van der Waals surface area contributed by atoms with Crippen molar-refractivity contribution in [2.75, 3.05) is 0 Å². The van der Waals surface area contributed by atoms with Gasteiger partial charge < -0.3 is 0 Å². The van der Waals surface area contributed by atoms with Crippen LogP contribution in [0.4, 0.5) is 0 Å². The maximum atomic E-state index is 2.49. The molecule has 0 nitrogen and oxygen atoms in total. The van der Waals surface area contributed by atoms with E-state index in [0.29, 0.717) is 0 Å². The van der Waals surface area contributed by atoms with Gasteiger partial charge in [-0.25, -0.2) is 0 Å². The third-order valence-electron chi connectivity index (χ3n) is 0. The van der Waals surface area contributed by atoms with Gasteiger partial charge >= 0.3 is 60.9 Å². The zero-order valence-corrected chi connectivity index (χ0v) is 10.2. The second-order valence-corrected chi connectivity index (χ2v) is 50.6. The average Bonchev–Trinajstić information content (AvgIpc) is 0.811. The van der Waals surface area contributed by atoms with Gasteiger partial charge in [0, 0.05) is 0 Å².